The Hall–Kier alpha value is -1.55. The number of anilines is 1. The van der Waals surface area contributed by atoms with Gasteiger partial charge >= 0.3 is 0 Å². The lowest BCUT2D eigenvalue weighted by Crippen LogP contribution is -2.15. The number of hydrogen-bond donors (Lipinski definition) is 3. The number of phenols is 1. The van der Waals surface area contributed by atoms with E-state index in [1.54, 1.807) is 6.07 Å². The summed E-state index contributed by atoms with van der Waals surface area (Å²) < 4.78 is 0. The molecule has 1 unspecified atom stereocenters. The summed E-state index contributed by atoms with van der Waals surface area (Å²) in [5.41, 5.74) is 1.63. The minimum atomic E-state index is -0.0181. The minimum absolute atomic E-state index is 0.0181. The van der Waals surface area contributed by atoms with Crippen LogP contribution in [0.25, 0.3) is 0 Å². The third-order valence-corrected chi connectivity index (χ3v) is 3.69. The fraction of sp³-hybridized carbons (Fsp3) is 0.533. The molecule has 19 heavy (non-hydrogen) atoms. The van der Waals surface area contributed by atoms with E-state index in [1.807, 2.05) is 19.1 Å². The highest BCUT2D eigenvalue weighted by Gasteiger charge is 2.16. The van der Waals surface area contributed by atoms with Gasteiger partial charge in [0.25, 0.3) is 0 Å². The summed E-state index contributed by atoms with van der Waals surface area (Å²) in [7, 11) is 0. The molecule has 1 amide bonds. The predicted molar refractivity (Wildman–Crippen MR) is 76.3 cm³/mol. The molecule has 0 spiro atoms. The monoisotopic (exact) mass is 262 g/mol. The lowest BCUT2D eigenvalue weighted by atomic mass is 10.0. The number of carbonyl (C=O) groups is 1. The van der Waals surface area contributed by atoms with Gasteiger partial charge in [0.15, 0.2) is 0 Å². The first kappa shape index (κ1) is 13.9. The van der Waals surface area contributed by atoms with Crippen molar-refractivity contribution in [2.75, 3.05) is 18.4 Å². The van der Waals surface area contributed by atoms with Gasteiger partial charge in [-0.3, -0.25) is 4.79 Å². The van der Waals surface area contributed by atoms with Crippen molar-refractivity contribution in [1.82, 2.24) is 5.32 Å². The zero-order chi connectivity index (χ0) is 13.7. The lowest BCUT2D eigenvalue weighted by molar-refractivity contribution is -0.116. The van der Waals surface area contributed by atoms with E-state index in [1.165, 1.54) is 0 Å². The maximum Gasteiger partial charge on any atom is 0.224 e. The van der Waals surface area contributed by atoms with Gasteiger partial charge in [0.1, 0.15) is 5.75 Å². The Morgan fingerprint density at radius 2 is 2.37 bits per heavy atom. The molecule has 1 fully saturated rings. The Bertz CT molecular complexity index is 440. The number of benzene rings is 1. The van der Waals surface area contributed by atoms with Crippen LogP contribution in [0.4, 0.5) is 5.69 Å². The molecule has 1 aromatic rings. The van der Waals surface area contributed by atoms with Gasteiger partial charge in [-0.25, -0.2) is 0 Å². The lowest BCUT2D eigenvalue weighted by Gasteiger charge is -2.10. The SMILES string of the molecule is CCc1ccc(O)c(NC(=O)CCC2CCNC2)c1. The van der Waals surface area contributed by atoms with E-state index in [2.05, 4.69) is 10.6 Å². The molecule has 1 aliphatic rings. The van der Waals surface area contributed by atoms with Crippen LogP contribution in [0.3, 0.4) is 0 Å². The molecular formula is C15H22N2O2. The predicted octanol–water partition coefficient (Wildman–Crippen LogP) is 2.28. The fourth-order valence-corrected chi connectivity index (χ4v) is 2.41. The average molecular weight is 262 g/mol. The maximum atomic E-state index is 11.9. The largest absolute Gasteiger partial charge is 0.506 e. The maximum absolute atomic E-state index is 11.9. The topological polar surface area (TPSA) is 61.4 Å². The Morgan fingerprint density at radius 3 is 3.05 bits per heavy atom. The summed E-state index contributed by atoms with van der Waals surface area (Å²) >= 11 is 0. The smallest absolute Gasteiger partial charge is 0.224 e. The van der Waals surface area contributed by atoms with Gasteiger partial charge in [-0.05, 0) is 56.0 Å². The van der Waals surface area contributed by atoms with Crippen molar-refractivity contribution >= 4 is 11.6 Å². The van der Waals surface area contributed by atoms with E-state index in [0.717, 1.165) is 37.9 Å². The second kappa shape index (κ2) is 6.57. The van der Waals surface area contributed by atoms with Crippen molar-refractivity contribution in [2.45, 2.75) is 32.6 Å². The van der Waals surface area contributed by atoms with Gasteiger partial charge in [0, 0.05) is 6.42 Å². The standard InChI is InChI=1S/C15H22N2O2/c1-2-11-3-5-14(18)13(9-11)17-15(19)6-4-12-7-8-16-10-12/h3,5,9,12,16,18H,2,4,6-8,10H2,1H3,(H,17,19). The number of carbonyl (C=O) groups excluding carboxylic acids is 1. The van der Waals surface area contributed by atoms with Crippen LogP contribution in [-0.4, -0.2) is 24.1 Å². The highest BCUT2D eigenvalue weighted by molar-refractivity contribution is 5.92. The Labute approximate surface area is 114 Å². The molecule has 0 saturated carbocycles. The van der Waals surface area contributed by atoms with Crippen molar-refractivity contribution in [3.63, 3.8) is 0 Å². The molecule has 0 radical (unpaired) electrons. The third kappa shape index (κ3) is 3.96. The van der Waals surface area contributed by atoms with E-state index < -0.39 is 0 Å². The highest BCUT2D eigenvalue weighted by atomic mass is 16.3. The minimum Gasteiger partial charge on any atom is -0.506 e. The van der Waals surface area contributed by atoms with Crippen molar-refractivity contribution < 1.29 is 9.90 Å². The van der Waals surface area contributed by atoms with Crippen LogP contribution < -0.4 is 10.6 Å². The van der Waals surface area contributed by atoms with Crippen molar-refractivity contribution in [3.8, 4) is 5.75 Å². The molecule has 1 aliphatic heterocycles. The number of aromatic hydroxyl groups is 1. The average Bonchev–Trinajstić information content (AvgIpc) is 2.92. The molecule has 4 nitrogen and oxygen atoms in total. The van der Waals surface area contributed by atoms with E-state index >= 15 is 0 Å². The Morgan fingerprint density at radius 1 is 1.53 bits per heavy atom. The van der Waals surface area contributed by atoms with Crippen LogP contribution in [0, 0.1) is 5.92 Å². The first-order valence-corrected chi connectivity index (χ1v) is 7.01. The second-order valence-electron chi connectivity index (χ2n) is 5.15. The third-order valence-electron chi connectivity index (χ3n) is 3.69. The molecular weight excluding hydrogens is 240 g/mol. The summed E-state index contributed by atoms with van der Waals surface area (Å²) in [6, 6.07) is 5.34. The molecule has 0 aliphatic carbocycles. The first-order valence-electron chi connectivity index (χ1n) is 7.01. The molecule has 1 heterocycles. The van der Waals surface area contributed by atoms with Gasteiger partial charge in [-0.2, -0.15) is 0 Å². The summed E-state index contributed by atoms with van der Waals surface area (Å²) in [6.07, 6.45) is 3.47. The van der Waals surface area contributed by atoms with Crippen LogP contribution in [0.15, 0.2) is 18.2 Å². The summed E-state index contributed by atoms with van der Waals surface area (Å²) in [6.45, 7) is 4.13. The zero-order valence-electron chi connectivity index (χ0n) is 11.4. The molecule has 1 saturated heterocycles. The molecule has 1 atom stereocenters. The number of nitrogens with one attached hydrogen (secondary N) is 2. The quantitative estimate of drug-likeness (QED) is 0.713. The van der Waals surface area contributed by atoms with Gasteiger partial charge in [-0.1, -0.05) is 13.0 Å². The summed E-state index contributed by atoms with van der Waals surface area (Å²) in [4.78, 5) is 11.9. The molecule has 0 aromatic heterocycles. The second-order valence-corrected chi connectivity index (χ2v) is 5.15. The number of hydrogen-bond acceptors (Lipinski definition) is 3. The summed E-state index contributed by atoms with van der Waals surface area (Å²) in [5.74, 6) is 0.727. The van der Waals surface area contributed by atoms with E-state index in [-0.39, 0.29) is 11.7 Å². The number of amides is 1. The number of aryl methyl sites for hydroxylation is 1. The van der Waals surface area contributed by atoms with Gasteiger partial charge < -0.3 is 15.7 Å². The van der Waals surface area contributed by atoms with E-state index in [4.69, 9.17) is 0 Å². The van der Waals surface area contributed by atoms with Gasteiger partial charge in [0.2, 0.25) is 5.91 Å². The van der Waals surface area contributed by atoms with Crippen LogP contribution in [-0.2, 0) is 11.2 Å². The van der Waals surface area contributed by atoms with E-state index in [9.17, 15) is 9.90 Å². The van der Waals surface area contributed by atoms with E-state index in [0.29, 0.717) is 18.0 Å². The Kier molecular flexibility index (Phi) is 4.80. The molecule has 4 heteroatoms. The first-order chi connectivity index (χ1) is 9.19. The van der Waals surface area contributed by atoms with Crippen molar-refractivity contribution in [3.05, 3.63) is 23.8 Å². The van der Waals surface area contributed by atoms with Crippen LogP contribution in [0.1, 0.15) is 31.7 Å². The summed E-state index contributed by atoms with van der Waals surface area (Å²) in [5, 5.41) is 15.8. The van der Waals surface area contributed by atoms with Gasteiger partial charge in [-0.15, -0.1) is 0 Å². The van der Waals surface area contributed by atoms with Crippen LogP contribution >= 0.6 is 0 Å². The molecule has 2 rings (SSSR count). The van der Waals surface area contributed by atoms with Crippen molar-refractivity contribution in [1.29, 1.82) is 0 Å². The fourth-order valence-electron chi connectivity index (χ4n) is 2.41. The van der Waals surface area contributed by atoms with Crippen molar-refractivity contribution in [2.24, 2.45) is 5.92 Å². The Balaban J connectivity index is 1.87. The molecule has 1 aromatic carbocycles. The van der Waals surface area contributed by atoms with Crippen LogP contribution in [0.5, 0.6) is 5.75 Å². The van der Waals surface area contributed by atoms with Gasteiger partial charge in [0.05, 0.1) is 5.69 Å². The molecule has 3 N–H and O–H groups in total. The normalized spacial score (nSPS) is 18.5. The molecule has 104 valence electrons. The highest BCUT2D eigenvalue weighted by Crippen LogP contribution is 2.25. The number of phenolic OH excluding ortho intramolecular Hbond substituents is 1. The number of rotatable bonds is 5. The van der Waals surface area contributed by atoms with Crippen LogP contribution in [0.2, 0.25) is 0 Å². The molecule has 0 bridgehead atoms. The zero-order valence-corrected chi connectivity index (χ0v) is 11.4.